The summed E-state index contributed by atoms with van der Waals surface area (Å²) in [6, 6.07) is 36.0. The highest BCUT2D eigenvalue weighted by Crippen LogP contribution is 2.51. The highest BCUT2D eigenvalue weighted by Gasteiger charge is 2.57. The van der Waals surface area contributed by atoms with Gasteiger partial charge in [-0.2, -0.15) is 0 Å². The largest absolute Gasteiger partial charge is 0.504 e. The van der Waals surface area contributed by atoms with E-state index < -0.39 is 31.0 Å². The number of hydrogen-bond acceptors (Lipinski definition) is 9. The van der Waals surface area contributed by atoms with Gasteiger partial charge in [0, 0.05) is 17.6 Å². The molecule has 0 radical (unpaired) electrons. The number of phenolic OH excluding ortho intramolecular Hbond substituents is 1. The molecule has 0 bridgehead atoms. The summed E-state index contributed by atoms with van der Waals surface area (Å²) in [4.78, 5) is 34.8. The fraction of sp³-hybridized carbons (Fsp3) is 0.222. The van der Waals surface area contributed by atoms with Crippen LogP contribution in [0.5, 0.6) is 17.2 Å². The molecule has 1 aromatic heterocycles. The van der Waals surface area contributed by atoms with Crippen molar-refractivity contribution < 1.29 is 33.8 Å². The first kappa shape index (κ1) is 38.4. The summed E-state index contributed by atoms with van der Waals surface area (Å²) in [6.45, 7) is 0.213. The molecule has 3 heterocycles. The number of hydrogen-bond donors (Lipinski definition) is 3. The number of imide groups is 1. The lowest BCUT2D eigenvalue weighted by molar-refractivity contribution is -0.122. The average molecular weight is 874 g/mol. The number of nitrogens with one attached hydrogen (secondary N) is 1. The second-order valence-corrected chi connectivity index (χ2v) is 15.6. The number of pyridine rings is 1. The Morgan fingerprint density at radius 2 is 1.67 bits per heavy atom. The molecule has 2 aliphatic heterocycles. The number of aromatic nitrogens is 1. The van der Waals surface area contributed by atoms with Gasteiger partial charge in [-0.3, -0.25) is 19.5 Å². The van der Waals surface area contributed by atoms with Crippen molar-refractivity contribution in [1.82, 2.24) is 4.98 Å². The molecule has 2 fully saturated rings. The van der Waals surface area contributed by atoms with Crippen molar-refractivity contribution in [3.63, 3.8) is 0 Å². The van der Waals surface area contributed by atoms with Gasteiger partial charge < -0.3 is 29.6 Å². The molecule has 4 atom stereocenters. The minimum absolute atomic E-state index is 0.0775. The van der Waals surface area contributed by atoms with Gasteiger partial charge in [0.05, 0.1) is 40.0 Å². The second-order valence-electron chi connectivity index (χ2n) is 14.4. The van der Waals surface area contributed by atoms with E-state index in [0.29, 0.717) is 40.0 Å². The smallest absolute Gasteiger partial charge is 0.455 e. The van der Waals surface area contributed by atoms with Crippen molar-refractivity contribution in [2.24, 2.45) is 17.8 Å². The van der Waals surface area contributed by atoms with E-state index in [9.17, 15) is 19.7 Å². The van der Waals surface area contributed by atoms with Crippen molar-refractivity contribution in [1.29, 1.82) is 0 Å². The zero-order valence-electron chi connectivity index (χ0n) is 31.3. The molecule has 288 valence electrons. The van der Waals surface area contributed by atoms with Crippen LogP contribution in [0.3, 0.4) is 0 Å². The van der Waals surface area contributed by atoms with Crippen LogP contribution in [0.4, 0.5) is 17.1 Å². The number of rotatable bonds is 12. The summed E-state index contributed by atoms with van der Waals surface area (Å²) >= 11 is 2.08. The molecule has 3 N–H and O–H groups in total. The van der Waals surface area contributed by atoms with E-state index in [1.807, 2.05) is 103 Å². The Balaban J connectivity index is 1.11. The van der Waals surface area contributed by atoms with E-state index in [2.05, 4.69) is 32.9 Å². The van der Waals surface area contributed by atoms with Gasteiger partial charge >= 0.3 is 7.12 Å². The quantitative estimate of drug-likeness (QED) is 0.0489. The molecule has 1 aliphatic carbocycles. The van der Waals surface area contributed by atoms with E-state index >= 15 is 0 Å². The monoisotopic (exact) mass is 873 g/mol. The van der Waals surface area contributed by atoms with Crippen LogP contribution >= 0.6 is 22.6 Å². The number of amides is 2. The third-order valence-corrected chi connectivity index (χ3v) is 11.8. The van der Waals surface area contributed by atoms with Gasteiger partial charge in [0.25, 0.3) is 0 Å². The Morgan fingerprint density at radius 1 is 0.947 bits per heavy atom. The van der Waals surface area contributed by atoms with Gasteiger partial charge in [-0.25, -0.2) is 0 Å². The Labute approximate surface area is 345 Å². The van der Waals surface area contributed by atoms with Gasteiger partial charge in [-0.05, 0) is 155 Å². The van der Waals surface area contributed by atoms with Gasteiger partial charge in [0.2, 0.25) is 11.8 Å². The maximum atomic E-state index is 14.5. The van der Waals surface area contributed by atoms with Crippen LogP contribution in [-0.4, -0.2) is 53.9 Å². The first-order valence-electron chi connectivity index (χ1n) is 19.0. The number of methoxy groups -OCH3 is 1. The topological polar surface area (TPSA) is 130 Å². The minimum atomic E-state index is -1.13. The summed E-state index contributed by atoms with van der Waals surface area (Å²) in [5.74, 6) is -1.08. The van der Waals surface area contributed by atoms with Crippen molar-refractivity contribution >= 4 is 70.2 Å². The Kier molecular flexibility index (Phi) is 11.4. The number of ether oxygens (including phenoxy) is 2. The van der Waals surface area contributed by atoms with Crippen LogP contribution in [0, 0.1) is 21.3 Å². The summed E-state index contributed by atoms with van der Waals surface area (Å²) in [5.41, 5.74) is 6.62. The van der Waals surface area contributed by atoms with Gasteiger partial charge in [-0.1, -0.05) is 42.5 Å². The number of allylic oxidation sites excluding steroid dienone is 1. The molecule has 0 unspecified atom stereocenters. The third kappa shape index (κ3) is 8.20. The number of fused-ring (bicyclic) bond motifs is 3. The van der Waals surface area contributed by atoms with Crippen molar-refractivity contribution in [2.75, 3.05) is 23.9 Å². The van der Waals surface area contributed by atoms with Crippen LogP contribution in [0.15, 0.2) is 133 Å². The number of nitrogens with zero attached hydrogens (tertiary/aromatic N) is 2. The lowest BCUT2D eigenvalue weighted by Crippen LogP contribution is -2.46. The number of para-hydroxylation sites is 2. The predicted octanol–water partition coefficient (Wildman–Crippen LogP) is 8.55. The molecule has 57 heavy (non-hydrogen) atoms. The molecule has 0 saturated carbocycles. The fourth-order valence-corrected chi connectivity index (χ4v) is 8.99. The normalized spacial score (nSPS) is 20.6. The molecule has 3 aliphatic rings. The Hall–Kier alpha value is -5.44. The lowest BCUT2D eigenvalue weighted by atomic mass is 9.58. The van der Waals surface area contributed by atoms with Crippen molar-refractivity contribution in [3.05, 3.63) is 147 Å². The van der Waals surface area contributed by atoms with E-state index in [0.717, 1.165) is 39.4 Å². The highest BCUT2D eigenvalue weighted by molar-refractivity contribution is 14.1. The molecule has 5 aromatic rings. The van der Waals surface area contributed by atoms with Crippen molar-refractivity contribution in [2.45, 2.75) is 31.7 Å². The van der Waals surface area contributed by atoms with E-state index in [4.69, 9.17) is 14.1 Å². The Bertz CT molecular complexity index is 2310. The minimum Gasteiger partial charge on any atom is -0.504 e. The molecule has 10 nitrogen and oxygen atoms in total. The summed E-state index contributed by atoms with van der Waals surface area (Å²) in [7, 11) is 0.383. The molecule has 2 amide bonds. The lowest BCUT2D eigenvalue weighted by Gasteiger charge is -2.43. The van der Waals surface area contributed by atoms with E-state index in [-0.39, 0.29) is 30.5 Å². The molecule has 2 saturated heterocycles. The number of aromatic hydroxyl groups is 1. The summed E-state index contributed by atoms with van der Waals surface area (Å²) in [6.07, 6.45) is 4.69. The molecule has 8 rings (SSSR count). The van der Waals surface area contributed by atoms with E-state index in [1.165, 1.54) is 12.0 Å². The number of carbonyl (C=O) groups excluding carboxylic acids is 2. The van der Waals surface area contributed by atoms with Gasteiger partial charge in [-0.15, -0.1) is 0 Å². The molecule has 0 spiro atoms. The molecular formula is C45H41BIN3O7. The third-order valence-electron chi connectivity index (χ3n) is 10.9. The van der Waals surface area contributed by atoms with Crippen LogP contribution in [0.25, 0.3) is 11.6 Å². The summed E-state index contributed by atoms with van der Waals surface area (Å²) < 4.78 is 18.8. The maximum Gasteiger partial charge on any atom is 0.455 e. The molecule has 4 aromatic carbocycles. The molecular weight excluding hydrogens is 832 g/mol. The van der Waals surface area contributed by atoms with Crippen LogP contribution < -0.4 is 19.7 Å². The first-order chi connectivity index (χ1) is 27.8. The summed E-state index contributed by atoms with van der Waals surface area (Å²) in [5, 5.41) is 25.1. The second kappa shape index (κ2) is 17.0. The molecule has 12 heteroatoms. The fourth-order valence-electron chi connectivity index (χ4n) is 8.37. The number of benzene rings is 4. The average Bonchev–Trinajstić information content (AvgIpc) is 3.49. The van der Waals surface area contributed by atoms with Crippen LogP contribution in [0.1, 0.15) is 30.5 Å². The number of anilines is 3. The van der Waals surface area contributed by atoms with Gasteiger partial charge in [0.1, 0.15) is 12.4 Å². The number of halogens is 1. The van der Waals surface area contributed by atoms with Crippen LogP contribution in [-0.2, 0) is 14.2 Å². The highest BCUT2D eigenvalue weighted by atomic mass is 127. The number of carbonyl (C=O) groups is 2. The van der Waals surface area contributed by atoms with Crippen LogP contribution in [0.2, 0.25) is 6.32 Å². The maximum absolute atomic E-state index is 14.5. The van der Waals surface area contributed by atoms with Gasteiger partial charge in [0.15, 0.2) is 11.5 Å². The van der Waals surface area contributed by atoms with E-state index in [1.54, 1.807) is 24.4 Å². The zero-order chi connectivity index (χ0) is 39.5. The first-order valence-corrected chi connectivity index (χ1v) is 20.1. The standard InChI is InChI=1S/C45H41BIN3O7/c1-55-40-24-28(23-37(47)43(40)51)22-29(38-14-8-9-21-48-38)15-20-39-41-30(27-56-34-12-6-3-7-13-34)25-35-42(36(41)26-46(54)57-39)45(53)50(44(35)52)33-18-16-32(17-19-33)49-31-10-4-2-5-11-31/h2-14,16-19,21-24,35-36,39,42,49,51,54H,15,20,25-27H2,1H3/b29-22-/t35-,36+,39-,42-/m1/s1. The Morgan fingerprint density at radius 3 is 2.39 bits per heavy atom. The zero-order valence-corrected chi connectivity index (χ0v) is 33.4. The van der Waals surface area contributed by atoms with Crippen molar-refractivity contribution in [3.8, 4) is 17.2 Å². The number of phenols is 1. The predicted molar refractivity (Wildman–Crippen MR) is 229 cm³/mol. The SMILES string of the molecule is COc1cc(/C=C(/CC[C@H]2OB(O)C[C@H]3C2=C(COc2ccccc2)C[C@H]2C(=O)N(c4ccc(Nc5ccccc5)cc4)C(=O)[C@H]23)c2ccccn2)cc(I)c1O.